The molecule has 1 unspecified atom stereocenters. The van der Waals surface area contributed by atoms with Gasteiger partial charge in [0.1, 0.15) is 0 Å². The molecule has 0 radical (unpaired) electrons. The Balaban J connectivity index is 2.10. The maximum atomic E-state index is 5.63. The normalized spacial score (nSPS) is 22.2. The number of anilines is 1. The van der Waals surface area contributed by atoms with E-state index in [4.69, 9.17) is 5.73 Å². The van der Waals surface area contributed by atoms with Gasteiger partial charge in [0, 0.05) is 17.3 Å². The van der Waals surface area contributed by atoms with Crippen LogP contribution >= 0.6 is 11.3 Å². The Kier molecular flexibility index (Phi) is 2.15. The van der Waals surface area contributed by atoms with Crippen LogP contribution in [0.2, 0.25) is 0 Å². The third kappa shape index (κ3) is 1.41. The summed E-state index contributed by atoms with van der Waals surface area (Å²) >= 11 is 1.68. The fourth-order valence-corrected chi connectivity index (χ4v) is 3.49. The Bertz CT molecular complexity index is 529. The van der Waals surface area contributed by atoms with E-state index < -0.39 is 0 Å². The molecular formula is C10H15N5S. The highest BCUT2D eigenvalue weighted by Gasteiger charge is 2.27. The number of likely N-dealkylation sites (N-methyl/N-ethyl adjacent to an activating group) is 1. The summed E-state index contributed by atoms with van der Waals surface area (Å²) < 4.78 is 1.93. The number of thiazole rings is 1. The van der Waals surface area contributed by atoms with Gasteiger partial charge in [-0.1, -0.05) is 11.3 Å². The van der Waals surface area contributed by atoms with Gasteiger partial charge >= 0.3 is 0 Å². The second-order valence-corrected chi connectivity index (χ2v) is 5.64. The number of hydrogen-bond donors (Lipinski definition) is 1. The molecule has 3 rings (SSSR count). The van der Waals surface area contributed by atoms with Gasteiger partial charge in [0.15, 0.2) is 0 Å². The first-order valence-corrected chi connectivity index (χ1v) is 6.27. The average molecular weight is 237 g/mol. The minimum atomic E-state index is 0.374. The third-order valence-electron chi connectivity index (χ3n) is 3.21. The van der Waals surface area contributed by atoms with Crippen LogP contribution in [-0.2, 0) is 0 Å². The zero-order valence-electron chi connectivity index (χ0n) is 9.47. The largest absolute Gasteiger partial charge is 0.366 e. The molecule has 0 aliphatic carbocycles. The summed E-state index contributed by atoms with van der Waals surface area (Å²) in [6, 6.07) is 0. The molecule has 0 aromatic carbocycles. The molecule has 0 amide bonds. The fourth-order valence-electron chi connectivity index (χ4n) is 2.49. The van der Waals surface area contributed by atoms with Gasteiger partial charge in [0.2, 0.25) is 10.9 Å². The number of aryl methyl sites for hydroxylation is 1. The Morgan fingerprint density at radius 3 is 3.00 bits per heavy atom. The van der Waals surface area contributed by atoms with Crippen molar-refractivity contribution in [2.45, 2.75) is 19.3 Å². The van der Waals surface area contributed by atoms with Gasteiger partial charge in [-0.3, -0.25) is 0 Å². The molecule has 5 nitrogen and oxygen atoms in total. The highest BCUT2D eigenvalue weighted by atomic mass is 32.1. The number of fused-ring (bicyclic) bond motifs is 1. The summed E-state index contributed by atoms with van der Waals surface area (Å²) in [5.41, 5.74) is 6.93. The number of nitrogens with zero attached hydrogens (tertiary/aromatic N) is 4. The van der Waals surface area contributed by atoms with Crippen LogP contribution < -0.4 is 5.73 Å². The molecule has 1 atom stereocenters. The smallest absolute Gasteiger partial charge is 0.241 e. The molecule has 3 heterocycles. The first kappa shape index (κ1) is 10.0. The number of nitrogen functional groups attached to an aromatic ring is 1. The molecule has 2 aromatic heterocycles. The quantitative estimate of drug-likeness (QED) is 0.807. The number of rotatable bonds is 1. The van der Waals surface area contributed by atoms with Crippen molar-refractivity contribution in [1.82, 2.24) is 19.5 Å². The number of nitrogens with two attached hydrogens (primary N) is 1. The molecule has 6 heteroatoms. The minimum absolute atomic E-state index is 0.374. The molecule has 2 N–H and O–H groups in total. The summed E-state index contributed by atoms with van der Waals surface area (Å²) in [6.45, 7) is 4.41. The monoisotopic (exact) mass is 237 g/mol. The first-order chi connectivity index (χ1) is 7.65. The second-order valence-electron chi connectivity index (χ2n) is 4.46. The van der Waals surface area contributed by atoms with Crippen molar-refractivity contribution < 1.29 is 0 Å². The lowest BCUT2D eigenvalue weighted by atomic mass is 10.0. The van der Waals surface area contributed by atoms with Gasteiger partial charge in [-0.15, -0.1) is 5.10 Å². The van der Waals surface area contributed by atoms with Crippen LogP contribution in [-0.4, -0.2) is 39.6 Å². The van der Waals surface area contributed by atoms with E-state index in [2.05, 4.69) is 29.0 Å². The van der Waals surface area contributed by atoms with E-state index in [0.717, 1.165) is 18.1 Å². The van der Waals surface area contributed by atoms with Crippen LogP contribution in [0.3, 0.4) is 0 Å². The molecule has 16 heavy (non-hydrogen) atoms. The summed E-state index contributed by atoms with van der Waals surface area (Å²) in [5.74, 6) is 0.943. The van der Waals surface area contributed by atoms with Crippen molar-refractivity contribution in [3.8, 4) is 0 Å². The SMILES string of the molecule is Cc1sc2nc(N)nn2c1C1CCN(C)C1. The predicted octanol–water partition coefficient (Wildman–Crippen LogP) is 1.10. The van der Waals surface area contributed by atoms with Crippen molar-refractivity contribution in [2.75, 3.05) is 25.9 Å². The molecule has 0 bridgehead atoms. The van der Waals surface area contributed by atoms with Crippen LogP contribution in [0.25, 0.3) is 4.96 Å². The first-order valence-electron chi connectivity index (χ1n) is 5.45. The van der Waals surface area contributed by atoms with Crippen molar-refractivity contribution >= 4 is 22.2 Å². The number of likely N-dealkylation sites (tertiary alicyclic amines) is 1. The third-order valence-corrected chi connectivity index (χ3v) is 4.17. The van der Waals surface area contributed by atoms with Crippen LogP contribution in [0.5, 0.6) is 0 Å². The summed E-state index contributed by atoms with van der Waals surface area (Å²) in [6.07, 6.45) is 1.20. The average Bonchev–Trinajstić information content (AvgIpc) is 2.80. The van der Waals surface area contributed by atoms with E-state index in [-0.39, 0.29) is 0 Å². The highest BCUT2D eigenvalue weighted by molar-refractivity contribution is 7.17. The topological polar surface area (TPSA) is 59.4 Å². The molecule has 1 saturated heterocycles. The van der Waals surface area contributed by atoms with Gasteiger partial charge in [-0.25, -0.2) is 4.52 Å². The van der Waals surface area contributed by atoms with Crippen LogP contribution in [0.15, 0.2) is 0 Å². The molecule has 86 valence electrons. The Morgan fingerprint density at radius 1 is 1.50 bits per heavy atom. The van der Waals surface area contributed by atoms with Crippen LogP contribution in [0.4, 0.5) is 5.95 Å². The Hall–Kier alpha value is -1.14. The van der Waals surface area contributed by atoms with Gasteiger partial charge in [-0.2, -0.15) is 4.98 Å². The zero-order chi connectivity index (χ0) is 11.3. The Labute approximate surface area is 97.9 Å². The van der Waals surface area contributed by atoms with E-state index in [9.17, 15) is 0 Å². The molecule has 1 aliphatic heterocycles. The standard InChI is InChI=1S/C10H15N5S/c1-6-8(7-3-4-14(2)5-7)15-10(16-6)12-9(11)13-15/h7H,3-5H2,1-2H3,(H2,11,13). The molecule has 2 aromatic rings. The van der Waals surface area contributed by atoms with Crippen molar-refractivity contribution in [3.63, 3.8) is 0 Å². The summed E-state index contributed by atoms with van der Waals surface area (Å²) in [5, 5.41) is 4.28. The maximum absolute atomic E-state index is 5.63. The Morgan fingerprint density at radius 2 is 2.31 bits per heavy atom. The van der Waals surface area contributed by atoms with E-state index in [0.29, 0.717) is 11.9 Å². The summed E-state index contributed by atoms with van der Waals surface area (Å²) in [7, 11) is 2.16. The molecule has 1 fully saturated rings. The van der Waals surface area contributed by atoms with Crippen molar-refractivity contribution in [1.29, 1.82) is 0 Å². The zero-order valence-corrected chi connectivity index (χ0v) is 10.3. The summed E-state index contributed by atoms with van der Waals surface area (Å²) in [4.78, 5) is 8.81. The van der Waals surface area contributed by atoms with Gasteiger partial charge < -0.3 is 10.6 Å². The lowest BCUT2D eigenvalue weighted by Crippen LogP contribution is -2.14. The fraction of sp³-hybridized carbons (Fsp3) is 0.600. The van der Waals surface area contributed by atoms with Crippen LogP contribution in [0.1, 0.15) is 22.9 Å². The number of hydrogen-bond acceptors (Lipinski definition) is 5. The molecular weight excluding hydrogens is 222 g/mol. The van der Waals surface area contributed by atoms with Crippen molar-refractivity contribution in [2.24, 2.45) is 0 Å². The predicted molar refractivity (Wildman–Crippen MR) is 64.9 cm³/mol. The molecule has 0 saturated carbocycles. The van der Waals surface area contributed by atoms with E-state index in [1.165, 1.54) is 17.0 Å². The van der Waals surface area contributed by atoms with Gasteiger partial charge in [0.05, 0.1) is 5.69 Å². The highest BCUT2D eigenvalue weighted by Crippen LogP contribution is 2.33. The molecule has 0 spiro atoms. The van der Waals surface area contributed by atoms with Gasteiger partial charge in [-0.05, 0) is 26.9 Å². The number of aromatic nitrogens is 3. The maximum Gasteiger partial charge on any atom is 0.241 e. The minimum Gasteiger partial charge on any atom is -0.366 e. The van der Waals surface area contributed by atoms with Gasteiger partial charge in [0.25, 0.3) is 0 Å². The second kappa shape index (κ2) is 3.43. The van der Waals surface area contributed by atoms with E-state index in [1.807, 2.05) is 4.52 Å². The van der Waals surface area contributed by atoms with E-state index >= 15 is 0 Å². The van der Waals surface area contributed by atoms with E-state index in [1.54, 1.807) is 11.3 Å². The lowest BCUT2D eigenvalue weighted by molar-refractivity contribution is 0.410. The molecule has 1 aliphatic rings. The van der Waals surface area contributed by atoms with Crippen LogP contribution in [0, 0.1) is 6.92 Å². The van der Waals surface area contributed by atoms with Crippen molar-refractivity contribution in [3.05, 3.63) is 10.6 Å². The lowest BCUT2D eigenvalue weighted by Gasteiger charge is -2.10.